The van der Waals surface area contributed by atoms with Crippen molar-refractivity contribution in [1.82, 2.24) is 0 Å². The average Bonchev–Trinajstić information content (AvgIpc) is 2.76. The first-order chi connectivity index (χ1) is 14.6. The lowest BCUT2D eigenvalue weighted by molar-refractivity contribution is 0.122. The van der Waals surface area contributed by atoms with Gasteiger partial charge in [-0.2, -0.15) is 0 Å². The summed E-state index contributed by atoms with van der Waals surface area (Å²) in [5.74, 6) is 1.47. The van der Waals surface area contributed by atoms with Crippen LogP contribution in [0.15, 0.2) is 47.4 Å². The third-order valence-corrected chi connectivity index (χ3v) is 7.26. The largest absolute Gasteiger partial charge is 0.497 e. The van der Waals surface area contributed by atoms with Crippen LogP contribution >= 0.6 is 11.8 Å². The smallest absolute Gasteiger partial charge is 0.123 e. The highest BCUT2D eigenvalue weighted by molar-refractivity contribution is 7.99. The van der Waals surface area contributed by atoms with Gasteiger partial charge in [0.2, 0.25) is 0 Å². The number of benzene rings is 2. The number of hydrogen-bond acceptors (Lipinski definition) is 3. The molecule has 0 aliphatic rings. The number of hydrogen-bond donors (Lipinski definition) is 1. The van der Waals surface area contributed by atoms with Crippen molar-refractivity contribution >= 4 is 11.8 Å². The molecule has 0 amide bonds. The Labute approximate surface area is 186 Å². The van der Waals surface area contributed by atoms with Crippen molar-refractivity contribution < 1.29 is 14.2 Å². The van der Waals surface area contributed by atoms with Gasteiger partial charge in [-0.05, 0) is 60.7 Å². The maximum Gasteiger partial charge on any atom is 0.123 e. The Balaban J connectivity index is 2.18. The second kappa shape index (κ2) is 13.0. The zero-order valence-corrected chi connectivity index (χ0v) is 19.6. The number of halogens is 1. The van der Waals surface area contributed by atoms with Crippen LogP contribution in [0, 0.1) is 11.2 Å². The van der Waals surface area contributed by atoms with Crippen LogP contribution in [0.5, 0.6) is 5.75 Å². The Morgan fingerprint density at radius 2 is 1.77 bits per heavy atom. The summed E-state index contributed by atoms with van der Waals surface area (Å²) in [6.45, 7) is 4.63. The normalized spacial score (nSPS) is 13.2. The second-order valence-corrected chi connectivity index (χ2v) is 9.30. The van der Waals surface area contributed by atoms with E-state index in [1.54, 1.807) is 31.0 Å². The lowest BCUT2D eigenvalue weighted by atomic mass is 9.80. The molecule has 0 aromatic heterocycles. The van der Waals surface area contributed by atoms with E-state index in [9.17, 15) is 9.50 Å². The predicted molar refractivity (Wildman–Crippen MR) is 126 cm³/mol. The molecule has 4 heteroatoms. The highest BCUT2D eigenvalue weighted by Gasteiger charge is 2.29. The fourth-order valence-electron chi connectivity index (χ4n) is 3.84. The Morgan fingerprint density at radius 1 is 1.00 bits per heavy atom. The molecule has 1 unspecified atom stereocenters. The van der Waals surface area contributed by atoms with Gasteiger partial charge in [-0.1, -0.05) is 58.1 Å². The van der Waals surface area contributed by atoms with E-state index in [1.165, 1.54) is 12.8 Å². The van der Waals surface area contributed by atoms with Crippen LogP contribution in [0.4, 0.5) is 4.39 Å². The highest BCUT2D eigenvalue weighted by atomic mass is 32.2. The van der Waals surface area contributed by atoms with Crippen LogP contribution in [-0.2, 0) is 6.42 Å². The number of rotatable bonds is 14. The molecular weight excluding hydrogens is 395 g/mol. The molecule has 0 heterocycles. The second-order valence-electron chi connectivity index (χ2n) is 8.29. The number of ether oxygens (including phenoxy) is 1. The summed E-state index contributed by atoms with van der Waals surface area (Å²) in [6, 6.07) is 13.0. The van der Waals surface area contributed by atoms with Crippen molar-refractivity contribution in [3.05, 3.63) is 59.4 Å². The summed E-state index contributed by atoms with van der Waals surface area (Å²) in [5, 5.41) is 10.3. The summed E-state index contributed by atoms with van der Waals surface area (Å²) >= 11 is 1.77. The number of unbranched alkanes of at least 4 members (excludes halogenated alkanes) is 3. The molecule has 1 atom stereocenters. The van der Waals surface area contributed by atoms with E-state index < -0.39 is 0 Å². The first kappa shape index (κ1) is 24.7. The quantitative estimate of drug-likeness (QED) is 0.251. The summed E-state index contributed by atoms with van der Waals surface area (Å²) in [7, 11) is 1.66. The molecule has 0 aliphatic carbocycles. The average molecular weight is 433 g/mol. The number of thioether (sulfide) groups is 1. The lowest BCUT2D eigenvalue weighted by Crippen LogP contribution is -2.28. The van der Waals surface area contributed by atoms with Crippen molar-refractivity contribution in [3.63, 3.8) is 0 Å². The summed E-state index contributed by atoms with van der Waals surface area (Å²) in [6.07, 6.45) is 8.57. The Bertz CT molecular complexity index is 764. The molecule has 0 fully saturated rings. The van der Waals surface area contributed by atoms with Gasteiger partial charge in [-0.3, -0.25) is 0 Å². The highest BCUT2D eigenvalue weighted by Crippen LogP contribution is 2.38. The maximum atomic E-state index is 14.0. The monoisotopic (exact) mass is 432 g/mol. The fourth-order valence-corrected chi connectivity index (χ4v) is 5.16. The van der Waals surface area contributed by atoms with Gasteiger partial charge in [0.15, 0.2) is 0 Å². The van der Waals surface area contributed by atoms with Gasteiger partial charge in [-0.15, -0.1) is 11.8 Å². The maximum absolute atomic E-state index is 14.0. The van der Waals surface area contributed by atoms with E-state index in [0.29, 0.717) is 6.42 Å². The van der Waals surface area contributed by atoms with E-state index in [-0.39, 0.29) is 17.8 Å². The molecule has 166 valence electrons. The molecule has 1 N–H and O–H groups in total. The standard InChI is InChI=1S/C26H37FO2S/c1-4-6-8-15-26(19-28,14-7-5-2)20-30-25-13-12-23(27)18-22(25)16-21-10-9-11-24(17-21)29-3/h9-13,17-18,28H,4-8,14-16,19-20H2,1-3H3. The van der Waals surface area contributed by atoms with Gasteiger partial charge in [0.25, 0.3) is 0 Å². The minimum Gasteiger partial charge on any atom is -0.497 e. The topological polar surface area (TPSA) is 29.5 Å². The number of aliphatic hydroxyl groups excluding tert-OH is 1. The molecule has 0 spiro atoms. The first-order valence-corrected chi connectivity index (χ1v) is 12.2. The molecule has 0 saturated heterocycles. The zero-order chi connectivity index (χ0) is 21.8. The Hall–Kier alpha value is -1.52. The van der Waals surface area contributed by atoms with Gasteiger partial charge in [0.05, 0.1) is 7.11 Å². The van der Waals surface area contributed by atoms with E-state index in [0.717, 1.165) is 59.6 Å². The van der Waals surface area contributed by atoms with E-state index >= 15 is 0 Å². The molecule has 2 aromatic carbocycles. The van der Waals surface area contributed by atoms with E-state index in [2.05, 4.69) is 13.8 Å². The van der Waals surface area contributed by atoms with Gasteiger partial charge in [0, 0.05) is 22.7 Å². The zero-order valence-electron chi connectivity index (χ0n) is 18.8. The SMILES string of the molecule is CCCCCC(CO)(CCCC)CSc1ccc(F)cc1Cc1cccc(OC)c1. The molecule has 2 rings (SSSR count). The van der Waals surface area contributed by atoms with Crippen molar-refractivity contribution in [2.24, 2.45) is 5.41 Å². The third kappa shape index (κ3) is 7.63. The van der Waals surface area contributed by atoms with E-state index in [1.807, 2.05) is 30.3 Å². The van der Waals surface area contributed by atoms with Gasteiger partial charge < -0.3 is 9.84 Å². The van der Waals surface area contributed by atoms with Gasteiger partial charge in [-0.25, -0.2) is 4.39 Å². The van der Waals surface area contributed by atoms with Crippen LogP contribution in [0.2, 0.25) is 0 Å². The summed E-state index contributed by atoms with van der Waals surface area (Å²) in [5.41, 5.74) is 2.03. The number of aliphatic hydroxyl groups is 1. The molecular formula is C26H37FO2S. The van der Waals surface area contributed by atoms with Crippen molar-refractivity contribution in [2.45, 2.75) is 70.1 Å². The van der Waals surface area contributed by atoms with E-state index in [4.69, 9.17) is 4.74 Å². The first-order valence-electron chi connectivity index (χ1n) is 11.2. The van der Waals surface area contributed by atoms with Crippen molar-refractivity contribution in [1.29, 1.82) is 0 Å². The third-order valence-electron chi connectivity index (χ3n) is 5.79. The van der Waals surface area contributed by atoms with Crippen LogP contribution in [-0.4, -0.2) is 24.6 Å². The van der Waals surface area contributed by atoms with Gasteiger partial charge in [0.1, 0.15) is 11.6 Å². The molecule has 30 heavy (non-hydrogen) atoms. The fraction of sp³-hybridized carbons (Fsp3) is 0.538. The molecule has 0 bridgehead atoms. The minimum atomic E-state index is -0.209. The molecule has 0 aliphatic heterocycles. The Morgan fingerprint density at radius 3 is 2.47 bits per heavy atom. The molecule has 2 nitrogen and oxygen atoms in total. The van der Waals surface area contributed by atoms with Crippen molar-refractivity contribution in [2.75, 3.05) is 19.5 Å². The minimum absolute atomic E-state index is 0.0581. The van der Waals surface area contributed by atoms with Gasteiger partial charge >= 0.3 is 0 Å². The Kier molecular flexibility index (Phi) is 10.7. The van der Waals surface area contributed by atoms with Crippen LogP contribution in [0.3, 0.4) is 0 Å². The summed E-state index contributed by atoms with van der Waals surface area (Å²) < 4.78 is 19.4. The molecule has 0 saturated carbocycles. The lowest BCUT2D eigenvalue weighted by Gasteiger charge is -2.32. The van der Waals surface area contributed by atoms with Crippen LogP contribution in [0.1, 0.15) is 69.9 Å². The van der Waals surface area contributed by atoms with Crippen LogP contribution in [0.25, 0.3) is 0 Å². The predicted octanol–water partition coefficient (Wildman–Crippen LogP) is 7.27. The molecule has 0 radical (unpaired) electrons. The summed E-state index contributed by atoms with van der Waals surface area (Å²) in [4.78, 5) is 1.10. The number of methoxy groups -OCH3 is 1. The van der Waals surface area contributed by atoms with Crippen LogP contribution < -0.4 is 4.74 Å². The molecule has 2 aromatic rings. The van der Waals surface area contributed by atoms with Crippen molar-refractivity contribution in [3.8, 4) is 5.75 Å².